The first-order valence-electron chi connectivity index (χ1n) is 10.0. The van der Waals surface area contributed by atoms with Gasteiger partial charge in [0.05, 0.1) is 16.8 Å². The molecule has 1 aliphatic heterocycles. The monoisotopic (exact) mass is 428 g/mol. The van der Waals surface area contributed by atoms with Crippen molar-refractivity contribution in [1.29, 1.82) is 5.26 Å². The number of nitrogens with one attached hydrogen (secondary N) is 1. The van der Waals surface area contributed by atoms with Gasteiger partial charge in [-0.25, -0.2) is 4.98 Å². The van der Waals surface area contributed by atoms with Gasteiger partial charge in [0.25, 0.3) is 5.91 Å². The second kappa shape index (κ2) is 10.7. The average molecular weight is 429 g/mol. The van der Waals surface area contributed by atoms with E-state index in [1.165, 1.54) is 0 Å². The summed E-state index contributed by atoms with van der Waals surface area (Å²) >= 11 is 0. The van der Waals surface area contributed by atoms with Crippen molar-refractivity contribution >= 4 is 35.6 Å². The Morgan fingerprint density at radius 2 is 1.80 bits per heavy atom. The van der Waals surface area contributed by atoms with E-state index in [2.05, 4.69) is 28.1 Å². The zero-order valence-electron chi connectivity index (χ0n) is 17.8. The van der Waals surface area contributed by atoms with Crippen molar-refractivity contribution in [2.45, 2.75) is 13.3 Å². The highest BCUT2D eigenvalue weighted by Crippen LogP contribution is 2.25. The first kappa shape index (κ1) is 23.3. The predicted octanol–water partition coefficient (Wildman–Crippen LogP) is 3.23. The number of carbonyl (C=O) groups excluding carboxylic acids is 1. The molecule has 0 bridgehead atoms. The molecule has 0 aliphatic carbocycles. The number of rotatable bonds is 6. The van der Waals surface area contributed by atoms with Crippen molar-refractivity contribution in [1.82, 2.24) is 9.88 Å². The number of amides is 1. The van der Waals surface area contributed by atoms with Gasteiger partial charge in [-0.15, -0.1) is 12.4 Å². The molecule has 2 aromatic rings. The molecular formula is C22H29ClN6O. The van der Waals surface area contributed by atoms with Gasteiger partial charge in [0.15, 0.2) is 0 Å². The molecular weight excluding hydrogens is 400 g/mol. The highest BCUT2D eigenvalue weighted by molar-refractivity contribution is 5.98. The van der Waals surface area contributed by atoms with E-state index in [0.717, 1.165) is 50.6 Å². The lowest BCUT2D eigenvalue weighted by molar-refractivity contribution is 0.0828. The fourth-order valence-corrected chi connectivity index (χ4v) is 3.44. The molecule has 7 nitrogen and oxygen atoms in total. The largest absolute Gasteiger partial charge is 0.369 e. The lowest BCUT2D eigenvalue weighted by Crippen LogP contribution is -2.47. The first-order valence-corrected chi connectivity index (χ1v) is 10.0. The third-order valence-electron chi connectivity index (χ3n) is 5.03. The van der Waals surface area contributed by atoms with Gasteiger partial charge in [0, 0.05) is 46.8 Å². The number of carbonyl (C=O) groups is 1. The van der Waals surface area contributed by atoms with Crippen LogP contribution in [0.25, 0.3) is 0 Å². The molecule has 1 aromatic carbocycles. The van der Waals surface area contributed by atoms with E-state index in [1.54, 1.807) is 19.0 Å². The Labute approximate surface area is 184 Å². The summed E-state index contributed by atoms with van der Waals surface area (Å²) in [7, 11) is 3.50. The minimum absolute atomic E-state index is 0. The fraction of sp³-hybridized carbons (Fsp3) is 0.409. The van der Waals surface area contributed by atoms with Crippen LogP contribution in [0.4, 0.5) is 17.3 Å². The number of pyridine rings is 1. The summed E-state index contributed by atoms with van der Waals surface area (Å²) in [6.45, 7) is 6.10. The molecule has 0 unspecified atom stereocenters. The summed E-state index contributed by atoms with van der Waals surface area (Å²) in [4.78, 5) is 23.3. The van der Waals surface area contributed by atoms with Crippen molar-refractivity contribution in [3.63, 3.8) is 0 Å². The molecule has 2 heterocycles. The molecule has 3 rings (SSSR count). The van der Waals surface area contributed by atoms with Gasteiger partial charge in [0.1, 0.15) is 17.7 Å². The van der Waals surface area contributed by atoms with E-state index < -0.39 is 0 Å². The predicted molar refractivity (Wildman–Crippen MR) is 124 cm³/mol. The van der Waals surface area contributed by atoms with Gasteiger partial charge < -0.3 is 20.0 Å². The van der Waals surface area contributed by atoms with Gasteiger partial charge in [-0.2, -0.15) is 5.26 Å². The third-order valence-corrected chi connectivity index (χ3v) is 5.03. The van der Waals surface area contributed by atoms with Crippen LogP contribution in [0, 0.1) is 11.3 Å². The molecule has 0 radical (unpaired) electrons. The van der Waals surface area contributed by atoms with Gasteiger partial charge in [-0.1, -0.05) is 19.1 Å². The number of nitriles is 1. The van der Waals surface area contributed by atoms with Crippen molar-refractivity contribution in [3.05, 3.63) is 47.5 Å². The van der Waals surface area contributed by atoms with Crippen LogP contribution >= 0.6 is 12.4 Å². The SMILES string of the molecule is CCCNc1nc(N2CCN(c3ccccc3C#N)CC2)ccc1C(=O)N(C)C.Cl. The highest BCUT2D eigenvalue weighted by atomic mass is 35.5. The quantitative estimate of drug-likeness (QED) is 0.761. The fourth-order valence-electron chi connectivity index (χ4n) is 3.44. The highest BCUT2D eigenvalue weighted by Gasteiger charge is 2.22. The van der Waals surface area contributed by atoms with Gasteiger partial charge >= 0.3 is 0 Å². The molecule has 1 amide bonds. The molecule has 30 heavy (non-hydrogen) atoms. The Bertz CT molecular complexity index is 903. The van der Waals surface area contributed by atoms with Crippen LogP contribution < -0.4 is 15.1 Å². The summed E-state index contributed by atoms with van der Waals surface area (Å²) in [5, 5.41) is 12.7. The van der Waals surface area contributed by atoms with Crippen LogP contribution in [-0.2, 0) is 0 Å². The molecule has 1 N–H and O–H groups in total. The maximum atomic E-state index is 12.5. The molecule has 0 atom stereocenters. The van der Waals surface area contributed by atoms with E-state index in [0.29, 0.717) is 16.9 Å². The van der Waals surface area contributed by atoms with Crippen LogP contribution in [0.5, 0.6) is 0 Å². The molecule has 1 aromatic heterocycles. The number of aromatic nitrogens is 1. The van der Waals surface area contributed by atoms with Gasteiger partial charge in [-0.3, -0.25) is 4.79 Å². The Balaban J connectivity index is 0.00000320. The maximum Gasteiger partial charge on any atom is 0.257 e. The molecule has 0 saturated carbocycles. The van der Waals surface area contributed by atoms with Crippen LogP contribution in [0.3, 0.4) is 0 Å². The van der Waals surface area contributed by atoms with E-state index in [9.17, 15) is 10.1 Å². The normalized spacial score (nSPS) is 13.3. The van der Waals surface area contributed by atoms with Crippen molar-refractivity contribution in [3.8, 4) is 6.07 Å². The number of benzene rings is 1. The second-order valence-electron chi connectivity index (χ2n) is 7.30. The zero-order chi connectivity index (χ0) is 20.8. The number of hydrogen-bond acceptors (Lipinski definition) is 6. The summed E-state index contributed by atoms with van der Waals surface area (Å²) in [6.07, 6.45) is 0.957. The molecule has 1 fully saturated rings. The standard InChI is InChI=1S/C22H28N6O.ClH/c1-4-11-24-21-18(22(29)26(2)3)9-10-20(25-21)28-14-12-27(13-15-28)19-8-6-5-7-17(19)16-23;/h5-10H,4,11-15H2,1-3H3,(H,24,25);1H. The summed E-state index contributed by atoms with van der Waals surface area (Å²) in [5.41, 5.74) is 2.28. The summed E-state index contributed by atoms with van der Waals surface area (Å²) in [6, 6.07) is 13.8. The Morgan fingerprint density at radius 3 is 2.43 bits per heavy atom. The minimum atomic E-state index is -0.0550. The zero-order valence-corrected chi connectivity index (χ0v) is 18.6. The third kappa shape index (κ3) is 5.14. The molecule has 160 valence electrons. The van der Waals surface area contributed by atoms with E-state index in [-0.39, 0.29) is 18.3 Å². The van der Waals surface area contributed by atoms with Gasteiger partial charge in [0.2, 0.25) is 0 Å². The van der Waals surface area contributed by atoms with Crippen LogP contribution in [0.2, 0.25) is 0 Å². The van der Waals surface area contributed by atoms with Crippen molar-refractivity contribution in [2.75, 3.05) is 61.9 Å². The van der Waals surface area contributed by atoms with Crippen LogP contribution in [0.15, 0.2) is 36.4 Å². The van der Waals surface area contributed by atoms with E-state index in [1.807, 2.05) is 36.4 Å². The lowest BCUT2D eigenvalue weighted by Gasteiger charge is -2.37. The molecule has 1 saturated heterocycles. The van der Waals surface area contributed by atoms with Crippen LogP contribution in [0.1, 0.15) is 29.3 Å². The molecule has 0 spiro atoms. The van der Waals surface area contributed by atoms with E-state index in [4.69, 9.17) is 4.98 Å². The van der Waals surface area contributed by atoms with Crippen LogP contribution in [-0.4, -0.2) is 62.6 Å². The number of anilines is 3. The topological polar surface area (TPSA) is 75.5 Å². The number of hydrogen-bond donors (Lipinski definition) is 1. The molecule has 1 aliphatic rings. The average Bonchev–Trinajstić information content (AvgIpc) is 2.77. The summed E-state index contributed by atoms with van der Waals surface area (Å²) in [5.74, 6) is 1.45. The Morgan fingerprint density at radius 1 is 1.13 bits per heavy atom. The number of halogens is 1. The Kier molecular flexibility index (Phi) is 8.31. The smallest absolute Gasteiger partial charge is 0.257 e. The number of piperazine rings is 1. The second-order valence-corrected chi connectivity index (χ2v) is 7.30. The number of para-hydroxylation sites is 1. The first-order chi connectivity index (χ1) is 14.0. The van der Waals surface area contributed by atoms with E-state index >= 15 is 0 Å². The van der Waals surface area contributed by atoms with Gasteiger partial charge in [-0.05, 0) is 30.7 Å². The lowest BCUT2D eigenvalue weighted by atomic mass is 10.1. The Hall–Kier alpha value is -2.98. The number of nitrogens with zero attached hydrogens (tertiary/aromatic N) is 5. The molecule has 8 heteroatoms. The summed E-state index contributed by atoms with van der Waals surface area (Å²) < 4.78 is 0. The maximum absolute atomic E-state index is 12.5. The minimum Gasteiger partial charge on any atom is -0.369 e. The van der Waals surface area contributed by atoms with Crippen molar-refractivity contribution in [2.24, 2.45) is 0 Å². The van der Waals surface area contributed by atoms with Crippen molar-refractivity contribution < 1.29 is 4.79 Å².